The Kier molecular flexibility index (Phi) is 3.88. The quantitative estimate of drug-likeness (QED) is 0.760. The highest BCUT2D eigenvalue weighted by Crippen LogP contribution is 2.42. The van der Waals surface area contributed by atoms with Crippen LogP contribution in [0.4, 0.5) is 0 Å². The maximum Gasteiger partial charge on any atom is 0.0652 e. The Morgan fingerprint density at radius 1 is 1.44 bits per heavy atom. The molecule has 2 N–H and O–H groups in total. The minimum atomic E-state index is 0.302. The summed E-state index contributed by atoms with van der Waals surface area (Å²) in [5.74, 6) is 0.825. The fourth-order valence-electron chi connectivity index (χ4n) is 3.04. The number of ether oxygens (including phenoxy) is 1. The first-order valence-corrected chi connectivity index (χ1v) is 6.61. The van der Waals surface area contributed by atoms with Crippen LogP contribution in [0.2, 0.25) is 0 Å². The zero-order chi connectivity index (χ0) is 11.6. The number of rotatable bonds is 4. The van der Waals surface area contributed by atoms with Gasteiger partial charge in [-0.05, 0) is 44.8 Å². The second-order valence-corrected chi connectivity index (χ2v) is 5.95. The minimum absolute atomic E-state index is 0.302. The molecule has 3 atom stereocenters. The SMILES string of the molecule is COC1CC(NCC2CCCNC2)C1(C)C. The van der Waals surface area contributed by atoms with Gasteiger partial charge < -0.3 is 15.4 Å². The van der Waals surface area contributed by atoms with Gasteiger partial charge in [0.15, 0.2) is 0 Å². The maximum absolute atomic E-state index is 5.47. The molecule has 1 saturated heterocycles. The van der Waals surface area contributed by atoms with Crippen molar-refractivity contribution in [2.45, 2.75) is 45.3 Å². The first kappa shape index (κ1) is 12.3. The molecule has 0 aromatic rings. The highest BCUT2D eigenvalue weighted by Gasteiger charge is 2.48. The van der Waals surface area contributed by atoms with E-state index in [4.69, 9.17) is 4.74 Å². The number of hydrogen-bond donors (Lipinski definition) is 2. The molecule has 0 amide bonds. The van der Waals surface area contributed by atoms with E-state index in [0.717, 1.165) is 12.5 Å². The summed E-state index contributed by atoms with van der Waals surface area (Å²) in [7, 11) is 1.83. The van der Waals surface area contributed by atoms with E-state index in [0.29, 0.717) is 17.6 Å². The summed E-state index contributed by atoms with van der Waals surface area (Å²) in [6, 6.07) is 0.638. The third-order valence-electron chi connectivity index (χ3n) is 4.51. The molecule has 1 heterocycles. The Labute approximate surface area is 99.3 Å². The lowest BCUT2D eigenvalue weighted by Gasteiger charge is -2.52. The summed E-state index contributed by atoms with van der Waals surface area (Å²) >= 11 is 0. The van der Waals surface area contributed by atoms with E-state index < -0.39 is 0 Å². The molecule has 3 heteroatoms. The Balaban J connectivity index is 1.71. The van der Waals surface area contributed by atoms with Crippen LogP contribution in [0.5, 0.6) is 0 Å². The van der Waals surface area contributed by atoms with Gasteiger partial charge in [0.2, 0.25) is 0 Å². The fraction of sp³-hybridized carbons (Fsp3) is 1.00. The lowest BCUT2D eigenvalue weighted by molar-refractivity contribution is -0.0981. The third-order valence-corrected chi connectivity index (χ3v) is 4.51. The molecule has 2 aliphatic rings. The molecule has 2 rings (SSSR count). The van der Waals surface area contributed by atoms with Crippen LogP contribution < -0.4 is 10.6 Å². The van der Waals surface area contributed by atoms with Crippen LogP contribution >= 0.6 is 0 Å². The smallest absolute Gasteiger partial charge is 0.0652 e. The number of methoxy groups -OCH3 is 1. The molecule has 0 radical (unpaired) electrons. The summed E-state index contributed by atoms with van der Waals surface area (Å²) in [6.07, 6.45) is 4.32. The second-order valence-electron chi connectivity index (χ2n) is 5.95. The molecular weight excluding hydrogens is 200 g/mol. The van der Waals surface area contributed by atoms with Crippen molar-refractivity contribution in [3.05, 3.63) is 0 Å². The van der Waals surface area contributed by atoms with Crippen molar-refractivity contribution in [1.82, 2.24) is 10.6 Å². The van der Waals surface area contributed by atoms with Crippen molar-refractivity contribution in [1.29, 1.82) is 0 Å². The van der Waals surface area contributed by atoms with Crippen molar-refractivity contribution in [2.24, 2.45) is 11.3 Å². The zero-order valence-corrected chi connectivity index (χ0v) is 10.9. The van der Waals surface area contributed by atoms with E-state index in [2.05, 4.69) is 24.5 Å². The van der Waals surface area contributed by atoms with Gasteiger partial charge in [0.1, 0.15) is 0 Å². The topological polar surface area (TPSA) is 33.3 Å². The van der Waals surface area contributed by atoms with Gasteiger partial charge in [-0.25, -0.2) is 0 Å². The summed E-state index contributed by atoms with van der Waals surface area (Å²) in [4.78, 5) is 0. The Morgan fingerprint density at radius 3 is 2.81 bits per heavy atom. The van der Waals surface area contributed by atoms with Gasteiger partial charge in [0, 0.05) is 18.6 Å². The molecule has 3 unspecified atom stereocenters. The Morgan fingerprint density at radius 2 is 2.25 bits per heavy atom. The van der Waals surface area contributed by atoms with Crippen molar-refractivity contribution < 1.29 is 4.74 Å². The van der Waals surface area contributed by atoms with Gasteiger partial charge in [-0.3, -0.25) is 0 Å². The van der Waals surface area contributed by atoms with Gasteiger partial charge >= 0.3 is 0 Å². The summed E-state index contributed by atoms with van der Waals surface area (Å²) in [6.45, 7) is 8.17. The standard InChI is InChI=1S/C13H26N2O/c1-13(2)11(7-12(13)16-3)15-9-10-5-4-6-14-8-10/h10-12,14-15H,4-9H2,1-3H3. The van der Waals surface area contributed by atoms with Crippen molar-refractivity contribution >= 4 is 0 Å². The predicted molar refractivity (Wildman–Crippen MR) is 66.6 cm³/mol. The van der Waals surface area contributed by atoms with Crippen LogP contribution in [-0.2, 0) is 4.74 Å². The van der Waals surface area contributed by atoms with Crippen molar-refractivity contribution in [2.75, 3.05) is 26.7 Å². The van der Waals surface area contributed by atoms with Crippen LogP contribution in [0.3, 0.4) is 0 Å². The molecule has 94 valence electrons. The number of piperidine rings is 1. The first-order valence-electron chi connectivity index (χ1n) is 6.61. The van der Waals surface area contributed by atoms with Gasteiger partial charge in [-0.1, -0.05) is 13.8 Å². The average molecular weight is 226 g/mol. The fourth-order valence-corrected chi connectivity index (χ4v) is 3.04. The molecule has 0 aromatic heterocycles. The normalized spacial score (nSPS) is 38.1. The molecule has 1 saturated carbocycles. The van der Waals surface area contributed by atoms with Crippen molar-refractivity contribution in [3.63, 3.8) is 0 Å². The molecule has 0 spiro atoms. The van der Waals surface area contributed by atoms with Crippen LogP contribution in [-0.4, -0.2) is 38.9 Å². The minimum Gasteiger partial charge on any atom is -0.381 e. The second kappa shape index (κ2) is 5.03. The highest BCUT2D eigenvalue weighted by atomic mass is 16.5. The van der Waals surface area contributed by atoms with Crippen molar-refractivity contribution in [3.8, 4) is 0 Å². The lowest BCUT2D eigenvalue weighted by Crippen LogP contribution is -2.61. The molecule has 1 aliphatic carbocycles. The first-order chi connectivity index (χ1) is 7.64. The van der Waals surface area contributed by atoms with E-state index in [1.54, 1.807) is 0 Å². The van der Waals surface area contributed by atoms with Gasteiger partial charge in [0.05, 0.1) is 6.10 Å². The van der Waals surface area contributed by atoms with Gasteiger partial charge in [-0.2, -0.15) is 0 Å². The van der Waals surface area contributed by atoms with Gasteiger partial charge in [0.25, 0.3) is 0 Å². The average Bonchev–Trinajstić information content (AvgIpc) is 2.29. The highest BCUT2D eigenvalue weighted by molar-refractivity contribution is 5.02. The van der Waals surface area contributed by atoms with E-state index in [-0.39, 0.29) is 0 Å². The lowest BCUT2D eigenvalue weighted by atomic mass is 9.64. The van der Waals surface area contributed by atoms with Crippen LogP contribution in [0.1, 0.15) is 33.1 Å². The van der Waals surface area contributed by atoms with E-state index in [1.807, 2.05) is 7.11 Å². The molecule has 1 aliphatic heterocycles. The number of nitrogens with one attached hydrogen (secondary N) is 2. The van der Waals surface area contributed by atoms with E-state index >= 15 is 0 Å². The molecular formula is C13H26N2O. The Bertz CT molecular complexity index is 224. The largest absolute Gasteiger partial charge is 0.381 e. The monoisotopic (exact) mass is 226 g/mol. The van der Waals surface area contributed by atoms with E-state index in [9.17, 15) is 0 Å². The molecule has 3 nitrogen and oxygen atoms in total. The number of hydrogen-bond acceptors (Lipinski definition) is 3. The Hall–Kier alpha value is -0.120. The molecule has 0 bridgehead atoms. The van der Waals surface area contributed by atoms with Crippen LogP contribution in [0.25, 0.3) is 0 Å². The third kappa shape index (κ3) is 2.41. The maximum atomic E-state index is 5.47. The van der Waals surface area contributed by atoms with E-state index in [1.165, 1.54) is 32.4 Å². The summed E-state index contributed by atoms with van der Waals surface area (Å²) < 4.78 is 5.47. The summed E-state index contributed by atoms with van der Waals surface area (Å²) in [5, 5.41) is 7.19. The van der Waals surface area contributed by atoms with Crippen LogP contribution in [0, 0.1) is 11.3 Å². The molecule has 16 heavy (non-hydrogen) atoms. The zero-order valence-electron chi connectivity index (χ0n) is 10.9. The van der Waals surface area contributed by atoms with Crippen LogP contribution in [0.15, 0.2) is 0 Å². The molecule has 2 fully saturated rings. The molecule has 0 aromatic carbocycles. The summed E-state index contributed by atoms with van der Waals surface area (Å²) in [5.41, 5.74) is 0.302. The van der Waals surface area contributed by atoms with Gasteiger partial charge in [-0.15, -0.1) is 0 Å². The predicted octanol–water partition coefficient (Wildman–Crippen LogP) is 1.39.